The molecular formula is C14H10BrClN4OS. The minimum absolute atomic E-state index is 0.151. The summed E-state index contributed by atoms with van der Waals surface area (Å²) in [6, 6.07) is 10.9. The van der Waals surface area contributed by atoms with Crippen molar-refractivity contribution in [3.63, 3.8) is 0 Å². The molecular weight excluding hydrogens is 388 g/mol. The van der Waals surface area contributed by atoms with Gasteiger partial charge in [0.05, 0.1) is 16.5 Å². The standard InChI is InChI=1S/C14H10BrClN4OS/c15-9-4-5-11(10(16)7-9)17-13(21)8-22-14-19-18-12-3-1-2-6-20(12)14/h1-7H,8H2,(H,17,21). The second-order valence-corrected chi connectivity index (χ2v) is 6.64. The molecule has 0 aliphatic carbocycles. The van der Waals surface area contributed by atoms with E-state index in [2.05, 4.69) is 31.4 Å². The predicted octanol–water partition coefficient (Wildman–Crippen LogP) is 3.88. The van der Waals surface area contributed by atoms with Crippen LogP contribution in [-0.2, 0) is 4.79 Å². The molecule has 0 aliphatic rings. The first-order chi connectivity index (χ1) is 10.6. The summed E-state index contributed by atoms with van der Waals surface area (Å²) in [7, 11) is 0. The number of rotatable bonds is 4. The summed E-state index contributed by atoms with van der Waals surface area (Å²) in [5, 5.41) is 12.0. The second-order valence-electron chi connectivity index (χ2n) is 4.37. The van der Waals surface area contributed by atoms with Crippen LogP contribution in [0.4, 0.5) is 5.69 Å². The van der Waals surface area contributed by atoms with Gasteiger partial charge in [0.15, 0.2) is 10.8 Å². The van der Waals surface area contributed by atoms with E-state index in [4.69, 9.17) is 11.6 Å². The Morgan fingerprint density at radius 2 is 2.18 bits per heavy atom. The second kappa shape index (κ2) is 6.68. The van der Waals surface area contributed by atoms with Crippen molar-refractivity contribution in [2.24, 2.45) is 0 Å². The van der Waals surface area contributed by atoms with Gasteiger partial charge in [-0.15, -0.1) is 10.2 Å². The number of fused-ring (bicyclic) bond motifs is 1. The highest BCUT2D eigenvalue weighted by atomic mass is 79.9. The molecule has 22 heavy (non-hydrogen) atoms. The maximum absolute atomic E-state index is 12.0. The molecule has 3 rings (SSSR count). The largest absolute Gasteiger partial charge is 0.324 e. The minimum atomic E-state index is -0.151. The molecule has 2 heterocycles. The molecule has 8 heteroatoms. The third-order valence-corrected chi connectivity index (χ3v) is 4.57. The number of thioether (sulfide) groups is 1. The molecule has 1 N–H and O–H groups in total. The monoisotopic (exact) mass is 396 g/mol. The first-order valence-corrected chi connectivity index (χ1v) is 8.46. The number of carbonyl (C=O) groups excluding carboxylic acids is 1. The lowest BCUT2D eigenvalue weighted by Crippen LogP contribution is -2.14. The van der Waals surface area contributed by atoms with Gasteiger partial charge in [-0.25, -0.2) is 0 Å². The van der Waals surface area contributed by atoms with E-state index in [-0.39, 0.29) is 11.7 Å². The van der Waals surface area contributed by atoms with E-state index in [0.717, 1.165) is 10.1 Å². The van der Waals surface area contributed by atoms with Gasteiger partial charge in [-0.2, -0.15) is 0 Å². The fourth-order valence-electron chi connectivity index (χ4n) is 1.83. The van der Waals surface area contributed by atoms with E-state index in [9.17, 15) is 4.79 Å². The highest BCUT2D eigenvalue weighted by Crippen LogP contribution is 2.26. The Bertz CT molecular complexity index is 839. The van der Waals surface area contributed by atoms with Gasteiger partial charge in [0, 0.05) is 10.7 Å². The Morgan fingerprint density at radius 1 is 1.32 bits per heavy atom. The summed E-state index contributed by atoms with van der Waals surface area (Å²) >= 11 is 10.7. The molecule has 0 aliphatic heterocycles. The number of pyridine rings is 1. The van der Waals surface area contributed by atoms with Crippen LogP contribution >= 0.6 is 39.3 Å². The van der Waals surface area contributed by atoms with Gasteiger partial charge in [-0.3, -0.25) is 9.20 Å². The number of anilines is 1. The van der Waals surface area contributed by atoms with Crippen molar-refractivity contribution >= 4 is 56.5 Å². The molecule has 0 bridgehead atoms. The van der Waals surface area contributed by atoms with Crippen molar-refractivity contribution in [1.82, 2.24) is 14.6 Å². The van der Waals surface area contributed by atoms with Crippen molar-refractivity contribution in [2.75, 3.05) is 11.1 Å². The van der Waals surface area contributed by atoms with E-state index in [0.29, 0.717) is 15.9 Å². The Kier molecular flexibility index (Phi) is 4.66. The molecule has 0 atom stereocenters. The number of halogens is 2. The van der Waals surface area contributed by atoms with E-state index in [1.165, 1.54) is 11.8 Å². The Labute approximate surface area is 144 Å². The van der Waals surface area contributed by atoms with E-state index >= 15 is 0 Å². The van der Waals surface area contributed by atoms with Crippen molar-refractivity contribution in [3.8, 4) is 0 Å². The van der Waals surface area contributed by atoms with Gasteiger partial charge in [0.2, 0.25) is 5.91 Å². The van der Waals surface area contributed by atoms with Crippen molar-refractivity contribution in [2.45, 2.75) is 5.16 Å². The normalized spacial score (nSPS) is 10.8. The summed E-state index contributed by atoms with van der Waals surface area (Å²) in [5.74, 6) is 0.0733. The average Bonchev–Trinajstić information content (AvgIpc) is 2.91. The van der Waals surface area contributed by atoms with Gasteiger partial charge < -0.3 is 5.32 Å². The first-order valence-electron chi connectivity index (χ1n) is 6.31. The number of aromatic nitrogens is 3. The van der Waals surface area contributed by atoms with Crippen molar-refractivity contribution in [1.29, 1.82) is 0 Å². The molecule has 0 spiro atoms. The van der Waals surface area contributed by atoms with Crippen molar-refractivity contribution in [3.05, 3.63) is 52.1 Å². The zero-order chi connectivity index (χ0) is 15.5. The van der Waals surface area contributed by atoms with Crippen LogP contribution in [0.1, 0.15) is 0 Å². The lowest BCUT2D eigenvalue weighted by molar-refractivity contribution is -0.113. The Balaban J connectivity index is 1.65. The van der Waals surface area contributed by atoms with E-state index < -0.39 is 0 Å². The molecule has 0 unspecified atom stereocenters. The first kappa shape index (κ1) is 15.3. The van der Waals surface area contributed by atoms with Gasteiger partial charge in [0.1, 0.15) is 0 Å². The zero-order valence-electron chi connectivity index (χ0n) is 11.2. The topological polar surface area (TPSA) is 59.3 Å². The lowest BCUT2D eigenvalue weighted by atomic mass is 10.3. The summed E-state index contributed by atoms with van der Waals surface area (Å²) in [5.41, 5.74) is 1.34. The van der Waals surface area contributed by atoms with Crippen LogP contribution in [0.2, 0.25) is 5.02 Å². The number of carbonyl (C=O) groups is 1. The molecule has 1 amide bonds. The van der Waals surface area contributed by atoms with Crippen LogP contribution < -0.4 is 5.32 Å². The Morgan fingerprint density at radius 3 is 3.00 bits per heavy atom. The van der Waals surface area contributed by atoms with Crippen LogP contribution in [-0.4, -0.2) is 26.3 Å². The van der Waals surface area contributed by atoms with Crippen LogP contribution in [0, 0.1) is 0 Å². The lowest BCUT2D eigenvalue weighted by Gasteiger charge is -2.07. The average molecular weight is 398 g/mol. The molecule has 5 nitrogen and oxygen atoms in total. The van der Waals surface area contributed by atoms with Gasteiger partial charge in [-0.05, 0) is 30.3 Å². The van der Waals surface area contributed by atoms with Crippen LogP contribution in [0.3, 0.4) is 0 Å². The van der Waals surface area contributed by atoms with Gasteiger partial charge in [-0.1, -0.05) is 45.4 Å². The minimum Gasteiger partial charge on any atom is -0.324 e. The molecule has 0 radical (unpaired) electrons. The molecule has 0 saturated carbocycles. The fraction of sp³-hybridized carbons (Fsp3) is 0.0714. The third kappa shape index (κ3) is 3.43. The maximum Gasteiger partial charge on any atom is 0.234 e. The number of amides is 1. The number of hydrogen-bond donors (Lipinski definition) is 1. The smallest absolute Gasteiger partial charge is 0.234 e. The van der Waals surface area contributed by atoms with Crippen LogP contribution in [0.25, 0.3) is 5.65 Å². The number of benzene rings is 1. The quantitative estimate of drug-likeness (QED) is 0.679. The predicted molar refractivity (Wildman–Crippen MR) is 91.5 cm³/mol. The molecule has 0 saturated heterocycles. The molecule has 2 aromatic heterocycles. The highest BCUT2D eigenvalue weighted by molar-refractivity contribution is 9.10. The highest BCUT2D eigenvalue weighted by Gasteiger charge is 2.10. The number of nitrogens with one attached hydrogen (secondary N) is 1. The Hall–Kier alpha value is -1.57. The molecule has 1 aromatic carbocycles. The van der Waals surface area contributed by atoms with Crippen molar-refractivity contribution < 1.29 is 4.79 Å². The zero-order valence-corrected chi connectivity index (χ0v) is 14.3. The SMILES string of the molecule is O=C(CSc1nnc2ccccn12)Nc1ccc(Br)cc1Cl. The maximum atomic E-state index is 12.0. The fourth-order valence-corrected chi connectivity index (χ4v) is 3.27. The third-order valence-electron chi connectivity index (χ3n) is 2.82. The van der Waals surface area contributed by atoms with E-state index in [1.54, 1.807) is 12.1 Å². The summed E-state index contributed by atoms with van der Waals surface area (Å²) in [4.78, 5) is 12.0. The molecule has 112 valence electrons. The number of nitrogens with zero attached hydrogens (tertiary/aromatic N) is 3. The summed E-state index contributed by atoms with van der Waals surface area (Å²) < 4.78 is 2.70. The van der Waals surface area contributed by atoms with Gasteiger partial charge >= 0.3 is 0 Å². The summed E-state index contributed by atoms with van der Waals surface area (Å²) in [6.07, 6.45) is 1.86. The summed E-state index contributed by atoms with van der Waals surface area (Å²) in [6.45, 7) is 0. The van der Waals surface area contributed by atoms with E-state index in [1.807, 2.05) is 34.9 Å². The van der Waals surface area contributed by atoms with Crippen LogP contribution in [0.15, 0.2) is 52.2 Å². The van der Waals surface area contributed by atoms with Gasteiger partial charge in [0.25, 0.3) is 0 Å². The van der Waals surface area contributed by atoms with Crippen LogP contribution in [0.5, 0.6) is 0 Å². The molecule has 3 aromatic rings. The molecule has 0 fully saturated rings. The number of hydrogen-bond acceptors (Lipinski definition) is 4.